The molecule has 1 heterocycles. The van der Waals surface area contributed by atoms with Crippen molar-refractivity contribution in [3.63, 3.8) is 0 Å². The van der Waals surface area contributed by atoms with Crippen molar-refractivity contribution in [2.45, 2.75) is 6.61 Å². The van der Waals surface area contributed by atoms with Crippen molar-refractivity contribution in [2.24, 2.45) is 5.10 Å². The van der Waals surface area contributed by atoms with Crippen LogP contribution in [0.4, 0.5) is 15.2 Å². The van der Waals surface area contributed by atoms with Gasteiger partial charge in [0.05, 0.1) is 16.8 Å². The van der Waals surface area contributed by atoms with Crippen molar-refractivity contribution >= 4 is 28.4 Å². The van der Waals surface area contributed by atoms with Crippen LogP contribution >= 0.6 is 11.3 Å². The van der Waals surface area contributed by atoms with E-state index in [-0.39, 0.29) is 18.1 Å². The fourth-order valence-corrected chi connectivity index (χ4v) is 3.49. The van der Waals surface area contributed by atoms with Gasteiger partial charge in [-0.2, -0.15) is 5.10 Å². The lowest BCUT2D eigenvalue weighted by atomic mass is 10.1. The summed E-state index contributed by atoms with van der Waals surface area (Å²) in [4.78, 5) is 14.9. The maximum Gasteiger partial charge on any atom is 0.270 e. The number of benzene rings is 3. The highest BCUT2D eigenvalue weighted by atomic mass is 32.1. The minimum absolute atomic E-state index is 0.0179. The first-order valence-corrected chi connectivity index (χ1v) is 10.4. The number of non-ortho nitro benzene ring substituents is 1. The summed E-state index contributed by atoms with van der Waals surface area (Å²) >= 11 is 1.35. The number of hydrogen-bond acceptors (Lipinski definition) is 7. The molecule has 0 amide bonds. The summed E-state index contributed by atoms with van der Waals surface area (Å²) < 4.78 is 19.3. The van der Waals surface area contributed by atoms with Crippen LogP contribution in [-0.2, 0) is 6.61 Å². The molecule has 4 aromatic rings. The van der Waals surface area contributed by atoms with Crippen LogP contribution in [0.15, 0.2) is 83.3 Å². The number of anilines is 1. The largest absolute Gasteiger partial charge is 0.489 e. The van der Waals surface area contributed by atoms with Crippen molar-refractivity contribution in [3.05, 3.63) is 105 Å². The van der Waals surface area contributed by atoms with E-state index in [9.17, 15) is 14.5 Å². The average Bonchev–Trinajstić information content (AvgIpc) is 3.28. The number of hydrogen-bond donors (Lipinski definition) is 1. The third-order valence-electron chi connectivity index (χ3n) is 4.46. The summed E-state index contributed by atoms with van der Waals surface area (Å²) in [5, 5.41) is 17.5. The van der Waals surface area contributed by atoms with Crippen molar-refractivity contribution in [2.75, 3.05) is 5.43 Å². The second-order valence-corrected chi connectivity index (χ2v) is 7.52. The van der Waals surface area contributed by atoms with Gasteiger partial charge in [-0.1, -0.05) is 30.3 Å². The Bertz CT molecular complexity index is 1260. The molecule has 0 bridgehead atoms. The van der Waals surface area contributed by atoms with Gasteiger partial charge in [0.25, 0.3) is 5.69 Å². The number of nitro benzene ring substituents is 1. The van der Waals surface area contributed by atoms with Gasteiger partial charge in [-0.05, 0) is 35.9 Å². The first-order chi connectivity index (χ1) is 15.6. The first-order valence-electron chi connectivity index (χ1n) is 9.54. The highest BCUT2D eigenvalue weighted by Crippen LogP contribution is 2.27. The van der Waals surface area contributed by atoms with Gasteiger partial charge in [-0.3, -0.25) is 15.5 Å². The molecule has 3 aromatic carbocycles. The van der Waals surface area contributed by atoms with Gasteiger partial charge in [0.1, 0.15) is 18.2 Å². The molecule has 32 heavy (non-hydrogen) atoms. The van der Waals surface area contributed by atoms with E-state index in [1.165, 1.54) is 29.5 Å². The van der Waals surface area contributed by atoms with Crippen molar-refractivity contribution in [1.82, 2.24) is 4.98 Å². The standard InChI is InChI=1S/C23H17FN4O3S/c24-21-7-2-1-4-18(21)14-31-20-10-8-16(9-11-20)13-25-27-23-26-22(15-32-23)17-5-3-6-19(12-17)28(29)30/h1-13,15H,14H2,(H,26,27)/b25-13+. The molecule has 160 valence electrons. The zero-order chi connectivity index (χ0) is 22.3. The Labute approximate surface area is 187 Å². The summed E-state index contributed by atoms with van der Waals surface area (Å²) in [6, 6.07) is 20.0. The third-order valence-corrected chi connectivity index (χ3v) is 5.21. The fourth-order valence-electron chi connectivity index (χ4n) is 2.83. The van der Waals surface area contributed by atoms with Gasteiger partial charge < -0.3 is 4.74 Å². The maximum absolute atomic E-state index is 13.6. The van der Waals surface area contributed by atoms with Gasteiger partial charge in [0.15, 0.2) is 0 Å². The molecule has 0 unspecified atom stereocenters. The van der Waals surface area contributed by atoms with E-state index in [0.29, 0.717) is 27.7 Å². The molecule has 0 saturated carbocycles. The van der Waals surface area contributed by atoms with Crippen LogP contribution in [0.3, 0.4) is 0 Å². The molecular weight excluding hydrogens is 431 g/mol. The number of thiazole rings is 1. The SMILES string of the molecule is O=[N+]([O-])c1cccc(-c2csc(N/N=C/c3ccc(OCc4ccccc4F)cc3)n2)c1. The number of nitro groups is 1. The average molecular weight is 448 g/mol. The predicted octanol–water partition coefficient (Wildman–Crippen LogP) is 5.88. The molecule has 7 nitrogen and oxygen atoms in total. The monoisotopic (exact) mass is 448 g/mol. The molecular formula is C23H17FN4O3S. The number of halogens is 1. The minimum atomic E-state index is -0.435. The molecule has 0 atom stereocenters. The number of rotatable bonds is 8. The number of aromatic nitrogens is 1. The molecule has 0 aliphatic carbocycles. The molecule has 0 fully saturated rings. The van der Waals surface area contributed by atoms with E-state index in [4.69, 9.17) is 4.74 Å². The highest BCUT2D eigenvalue weighted by molar-refractivity contribution is 7.14. The van der Waals surface area contributed by atoms with Crippen LogP contribution in [0.25, 0.3) is 11.3 Å². The van der Waals surface area contributed by atoms with E-state index < -0.39 is 4.92 Å². The quantitative estimate of drug-likeness (QED) is 0.206. The van der Waals surface area contributed by atoms with Crippen LogP contribution in [0.1, 0.15) is 11.1 Å². The topological polar surface area (TPSA) is 89.7 Å². The van der Waals surface area contributed by atoms with Crippen LogP contribution in [0.5, 0.6) is 5.75 Å². The van der Waals surface area contributed by atoms with Crippen LogP contribution < -0.4 is 10.2 Å². The summed E-state index contributed by atoms with van der Waals surface area (Å²) in [5.74, 6) is 0.332. The first kappa shape index (κ1) is 21.1. The number of ether oxygens (including phenoxy) is 1. The van der Waals surface area contributed by atoms with Crippen molar-refractivity contribution < 1.29 is 14.1 Å². The molecule has 0 aliphatic rings. The lowest BCUT2D eigenvalue weighted by molar-refractivity contribution is -0.384. The number of nitrogens with one attached hydrogen (secondary N) is 1. The van der Waals surface area contributed by atoms with Gasteiger partial charge in [0, 0.05) is 28.6 Å². The maximum atomic E-state index is 13.6. The van der Waals surface area contributed by atoms with Gasteiger partial charge in [-0.25, -0.2) is 9.37 Å². The summed E-state index contributed by atoms with van der Waals surface area (Å²) in [7, 11) is 0. The minimum Gasteiger partial charge on any atom is -0.489 e. The van der Waals surface area contributed by atoms with Crippen molar-refractivity contribution in [3.8, 4) is 17.0 Å². The van der Waals surface area contributed by atoms with Crippen LogP contribution in [-0.4, -0.2) is 16.1 Å². The van der Waals surface area contributed by atoms with Gasteiger partial charge in [-0.15, -0.1) is 11.3 Å². The molecule has 0 saturated heterocycles. The van der Waals surface area contributed by atoms with E-state index in [0.717, 1.165) is 5.56 Å². The molecule has 0 spiro atoms. The zero-order valence-electron chi connectivity index (χ0n) is 16.6. The Balaban J connectivity index is 1.33. The summed E-state index contributed by atoms with van der Waals surface area (Å²) in [6.45, 7) is 0.151. The second-order valence-electron chi connectivity index (χ2n) is 6.66. The Morgan fingerprint density at radius 3 is 2.72 bits per heavy atom. The summed E-state index contributed by atoms with van der Waals surface area (Å²) in [5.41, 5.74) is 5.51. The number of hydrazone groups is 1. The predicted molar refractivity (Wildman–Crippen MR) is 123 cm³/mol. The Kier molecular flexibility index (Phi) is 6.47. The van der Waals surface area contributed by atoms with Crippen LogP contribution in [0.2, 0.25) is 0 Å². The van der Waals surface area contributed by atoms with E-state index >= 15 is 0 Å². The molecule has 1 N–H and O–H groups in total. The molecule has 0 radical (unpaired) electrons. The van der Waals surface area contributed by atoms with E-state index in [2.05, 4.69) is 15.5 Å². The lowest BCUT2D eigenvalue weighted by Crippen LogP contribution is -1.98. The smallest absolute Gasteiger partial charge is 0.270 e. The lowest BCUT2D eigenvalue weighted by Gasteiger charge is -2.07. The fraction of sp³-hybridized carbons (Fsp3) is 0.0435. The Hall–Kier alpha value is -4.11. The third kappa shape index (κ3) is 5.32. The zero-order valence-corrected chi connectivity index (χ0v) is 17.5. The highest BCUT2D eigenvalue weighted by Gasteiger charge is 2.09. The van der Waals surface area contributed by atoms with Crippen molar-refractivity contribution in [1.29, 1.82) is 0 Å². The molecule has 9 heteroatoms. The molecule has 0 aliphatic heterocycles. The van der Waals surface area contributed by atoms with Gasteiger partial charge >= 0.3 is 0 Å². The molecule has 4 rings (SSSR count). The van der Waals surface area contributed by atoms with E-state index in [1.807, 2.05) is 12.1 Å². The Morgan fingerprint density at radius 1 is 1.12 bits per heavy atom. The summed E-state index contributed by atoms with van der Waals surface area (Å²) in [6.07, 6.45) is 1.63. The second kappa shape index (κ2) is 9.80. The Morgan fingerprint density at radius 2 is 1.94 bits per heavy atom. The van der Waals surface area contributed by atoms with Crippen LogP contribution in [0, 0.1) is 15.9 Å². The molecule has 1 aromatic heterocycles. The normalized spacial score (nSPS) is 10.9. The van der Waals surface area contributed by atoms with Gasteiger partial charge in [0.2, 0.25) is 5.13 Å². The van der Waals surface area contributed by atoms with E-state index in [1.54, 1.807) is 54.1 Å². The number of nitrogens with zero attached hydrogens (tertiary/aromatic N) is 3.